The van der Waals surface area contributed by atoms with E-state index in [-0.39, 0.29) is 6.03 Å². The van der Waals surface area contributed by atoms with Gasteiger partial charge in [0.1, 0.15) is 0 Å². The van der Waals surface area contributed by atoms with Crippen molar-refractivity contribution in [3.05, 3.63) is 12.4 Å². The zero-order chi connectivity index (χ0) is 12.1. The molecule has 2 N–H and O–H groups in total. The summed E-state index contributed by atoms with van der Waals surface area (Å²) in [6.07, 6.45) is 9.44. The fraction of sp³-hybridized carbons (Fsp3) is 0.667. The minimum Gasteiger partial charge on any atom is -0.335 e. The maximum Gasteiger partial charge on any atom is 0.319 e. The Morgan fingerprint density at radius 1 is 1.47 bits per heavy atom. The molecular weight excluding hydrogens is 216 g/mol. The molecule has 1 aromatic heterocycles. The Hall–Kier alpha value is -1.52. The summed E-state index contributed by atoms with van der Waals surface area (Å²) in [6.45, 7) is 2.82. The highest BCUT2D eigenvalue weighted by molar-refractivity contribution is 5.89. The molecule has 0 unspecified atom stereocenters. The first kappa shape index (κ1) is 12.0. The third-order valence-corrected chi connectivity index (χ3v) is 3.16. The first-order valence-electron chi connectivity index (χ1n) is 6.38. The lowest BCUT2D eigenvalue weighted by Gasteiger charge is -2.22. The minimum atomic E-state index is -0.118. The van der Waals surface area contributed by atoms with Gasteiger partial charge in [-0.25, -0.2) is 4.79 Å². The number of nitrogens with zero attached hydrogens (tertiary/aromatic N) is 2. The van der Waals surface area contributed by atoms with Gasteiger partial charge in [0.05, 0.1) is 11.9 Å². The van der Waals surface area contributed by atoms with Crippen LogP contribution in [-0.4, -0.2) is 21.9 Å². The van der Waals surface area contributed by atoms with Gasteiger partial charge in [-0.2, -0.15) is 5.10 Å². The zero-order valence-corrected chi connectivity index (χ0v) is 10.3. The van der Waals surface area contributed by atoms with Crippen molar-refractivity contribution in [2.45, 2.75) is 51.6 Å². The molecule has 0 aliphatic heterocycles. The van der Waals surface area contributed by atoms with Crippen LogP contribution in [0.2, 0.25) is 0 Å². The molecule has 0 spiro atoms. The van der Waals surface area contributed by atoms with Crippen LogP contribution < -0.4 is 10.6 Å². The Balaban J connectivity index is 1.79. The molecule has 1 aromatic rings. The number of hydrogen-bond acceptors (Lipinski definition) is 2. The molecular formula is C12H20N4O. The van der Waals surface area contributed by atoms with Crippen LogP contribution in [0.4, 0.5) is 10.5 Å². The molecule has 0 atom stereocenters. The lowest BCUT2D eigenvalue weighted by Crippen LogP contribution is -2.38. The van der Waals surface area contributed by atoms with Crippen LogP contribution in [0.1, 0.15) is 39.0 Å². The number of aryl methyl sites for hydroxylation is 1. The zero-order valence-electron chi connectivity index (χ0n) is 10.3. The normalized spacial score (nSPS) is 16.8. The van der Waals surface area contributed by atoms with Gasteiger partial charge in [-0.05, 0) is 19.8 Å². The summed E-state index contributed by atoms with van der Waals surface area (Å²) in [5.41, 5.74) is 0.750. The number of anilines is 1. The molecule has 17 heavy (non-hydrogen) atoms. The summed E-state index contributed by atoms with van der Waals surface area (Å²) in [6, 6.07) is 0.220. The quantitative estimate of drug-likeness (QED) is 0.846. The van der Waals surface area contributed by atoms with Crippen LogP contribution in [0.3, 0.4) is 0 Å². The van der Waals surface area contributed by atoms with E-state index < -0.39 is 0 Å². The van der Waals surface area contributed by atoms with Crippen LogP contribution >= 0.6 is 0 Å². The van der Waals surface area contributed by atoms with Crippen molar-refractivity contribution < 1.29 is 4.79 Å². The molecule has 5 heteroatoms. The molecule has 94 valence electrons. The Labute approximate surface area is 102 Å². The molecule has 0 aromatic carbocycles. The number of carbonyl (C=O) groups is 1. The fourth-order valence-electron chi connectivity index (χ4n) is 2.20. The van der Waals surface area contributed by atoms with E-state index >= 15 is 0 Å². The van der Waals surface area contributed by atoms with Gasteiger partial charge in [0.2, 0.25) is 0 Å². The van der Waals surface area contributed by atoms with E-state index in [4.69, 9.17) is 0 Å². The predicted octanol–water partition coefficient (Wildman–Crippen LogP) is 2.36. The molecule has 2 amide bonds. The first-order chi connectivity index (χ1) is 8.28. The van der Waals surface area contributed by atoms with Crippen molar-refractivity contribution in [2.24, 2.45) is 0 Å². The number of aromatic nitrogens is 2. The van der Waals surface area contributed by atoms with E-state index in [0.717, 1.165) is 25.1 Å². The fourth-order valence-corrected chi connectivity index (χ4v) is 2.20. The molecule has 1 heterocycles. The minimum absolute atomic E-state index is 0.118. The predicted molar refractivity (Wildman–Crippen MR) is 66.9 cm³/mol. The molecule has 1 aliphatic rings. The molecule has 2 rings (SSSR count). The smallest absolute Gasteiger partial charge is 0.319 e. The van der Waals surface area contributed by atoms with E-state index in [1.165, 1.54) is 19.3 Å². The topological polar surface area (TPSA) is 59.0 Å². The lowest BCUT2D eigenvalue weighted by molar-refractivity contribution is 0.244. The largest absolute Gasteiger partial charge is 0.335 e. The maximum atomic E-state index is 11.7. The first-order valence-corrected chi connectivity index (χ1v) is 6.38. The number of nitrogens with one attached hydrogen (secondary N) is 2. The Kier molecular flexibility index (Phi) is 4.01. The number of rotatable bonds is 3. The summed E-state index contributed by atoms with van der Waals surface area (Å²) in [5.74, 6) is 0. The van der Waals surface area contributed by atoms with Gasteiger partial charge < -0.3 is 10.6 Å². The Morgan fingerprint density at radius 3 is 2.88 bits per heavy atom. The number of carbonyl (C=O) groups excluding carboxylic acids is 1. The average Bonchev–Trinajstić information content (AvgIpc) is 2.78. The molecule has 1 fully saturated rings. The molecule has 0 bridgehead atoms. The lowest BCUT2D eigenvalue weighted by atomic mass is 9.96. The van der Waals surface area contributed by atoms with Gasteiger partial charge >= 0.3 is 6.03 Å². The van der Waals surface area contributed by atoms with E-state index in [1.807, 2.05) is 13.1 Å². The third kappa shape index (κ3) is 3.47. The van der Waals surface area contributed by atoms with Crippen LogP contribution in [0, 0.1) is 0 Å². The van der Waals surface area contributed by atoms with Gasteiger partial charge in [-0.15, -0.1) is 0 Å². The number of urea groups is 1. The van der Waals surface area contributed by atoms with E-state index in [1.54, 1.807) is 10.9 Å². The summed E-state index contributed by atoms with van der Waals surface area (Å²) >= 11 is 0. The molecule has 1 aliphatic carbocycles. The van der Waals surface area contributed by atoms with E-state index in [2.05, 4.69) is 15.7 Å². The van der Waals surface area contributed by atoms with E-state index in [9.17, 15) is 4.79 Å². The van der Waals surface area contributed by atoms with Crippen molar-refractivity contribution in [1.82, 2.24) is 15.1 Å². The molecule has 1 saturated carbocycles. The summed E-state index contributed by atoms with van der Waals surface area (Å²) in [4.78, 5) is 11.7. The van der Waals surface area contributed by atoms with Crippen molar-refractivity contribution in [3.8, 4) is 0 Å². The Bertz CT molecular complexity index is 368. The monoisotopic (exact) mass is 236 g/mol. The average molecular weight is 236 g/mol. The van der Waals surface area contributed by atoms with Gasteiger partial charge in [0.15, 0.2) is 0 Å². The van der Waals surface area contributed by atoms with Gasteiger partial charge in [-0.3, -0.25) is 4.68 Å². The highest BCUT2D eigenvalue weighted by Gasteiger charge is 2.15. The van der Waals surface area contributed by atoms with Crippen LogP contribution in [0.15, 0.2) is 12.4 Å². The Morgan fingerprint density at radius 2 is 2.24 bits per heavy atom. The summed E-state index contributed by atoms with van der Waals surface area (Å²) < 4.78 is 1.79. The summed E-state index contributed by atoms with van der Waals surface area (Å²) in [5, 5.41) is 9.93. The van der Waals surface area contributed by atoms with Gasteiger partial charge in [0.25, 0.3) is 0 Å². The molecule has 5 nitrogen and oxygen atoms in total. The van der Waals surface area contributed by atoms with Crippen molar-refractivity contribution >= 4 is 11.7 Å². The second-order valence-corrected chi connectivity index (χ2v) is 4.52. The third-order valence-electron chi connectivity index (χ3n) is 3.16. The standard InChI is InChI=1S/C12H20N4O/c1-2-16-9-11(8-13-16)15-12(17)14-10-6-4-3-5-7-10/h8-10H,2-7H2,1H3,(H2,14,15,17). The summed E-state index contributed by atoms with van der Waals surface area (Å²) in [7, 11) is 0. The van der Waals surface area contributed by atoms with Gasteiger partial charge in [-0.1, -0.05) is 19.3 Å². The second-order valence-electron chi connectivity index (χ2n) is 4.52. The maximum absolute atomic E-state index is 11.7. The molecule has 0 radical (unpaired) electrons. The highest BCUT2D eigenvalue weighted by atomic mass is 16.2. The van der Waals surface area contributed by atoms with Crippen molar-refractivity contribution in [2.75, 3.05) is 5.32 Å². The molecule has 0 saturated heterocycles. The number of amides is 2. The SMILES string of the molecule is CCn1cc(NC(=O)NC2CCCCC2)cn1. The van der Waals surface area contributed by atoms with Crippen LogP contribution in [0.5, 0.6) is 0 Å². The number of hydrogen-bond donors (Lipinski definition) is 2. The second kappa shape index (κ2) is 5.70. The van der Waals surface area contributed by atoms with Crippen LogP contribution in [-0.2, 0) is 6.54 Å². The van der Waals surface area contributed by atoms with Gasteiger partial charge in [0, 0.05) is 18.8 Å². The van der Waals surface area contributed by atoms with Crippen LogP contribution in [0.25, 0.3) is 0 Å². The highest BCUT2D eigenvalue weighted by Crippen LogP contribution is 2.17. The van der Waals surface area contributed by atoms with Crippen molar-refractivity contribution in [1.29, 1.82) is 0 Å². The van der Waals surface area contributed by atoms with E-state index in [0.29, 0.717) is 6.04 Å². The van der Waals surface area contributed by atoms with Crippen molar-refractivity contribution in [3.63, 3.8) is 0 Å².